The van der Waals surface area contributed by atoms with Gasteiger partial charge in [0.05, 0.1) is 11.3 Å². The molecule has 6 nitrogen and oxygen atoms in total. The number of hydrogen-bond acceptors (Lipinski definition) is 4. The summed E-state index contributed by atoms with van der Waals surface area (Å²) in [5.41, 5.74) is 1.91. The molecule has 2 aromatic carbocycles. The molecule has 36 heavy (non-hydrogen) atoms. The molecule has 5 rings (SSSR count). The van der Waals surface area contributed by atoms with Gasteiger partial charge in [-0.2, -0.15) is 18.2 Å². The molecule has 0 aliphatic heterocycles. The molecular weight excluding hydrogens is 467 g/mol. The summed E-state index contributed by atoms with van der Waals surface area (Å²) in [5.74, 6) is 0.762. The number of benzene rings is 2. The number of alkyl halides is 3. The van der Waals surface area contributed by atoms with E-state index < -0.39 is 11.7 Å². The highest BCUT2D eigenvalue weighted by atomic mass is 19.4. The van der Waals surface area contributed by atoms with Gasteiger partial charge in [0.15, 0.2) is 5.65 Å². The van der Waals surface area contributed by atoms with Crippen molar-refractivity contribution in [3.05, 3.63) is 77.9 Å². The molecule has 0 bridgehead atoms. The van der Waals surface area contributed by atoms with Gasteiger partial charge < -0.3 is 10.6 Å². The van der Waals surface area contributed by atoms with Gasteiger partial charge in [-0.1, -0.05) is 37.5 Å². The first-order chi connectivity index (χ1) is 17.4. The number of hydrogen-bond donors (Lipinski definition) is 2. The zero-order valence-corrected chi connectivity index (χ0v) is 19.6. The fourth-order valence-electron chi connectivity index (χ4n) is 4.60. The van der Waals surface area contributed by atoms with Gasteiger partial charge in [0.1, 0.15) is 0 Å². The first kappa shape index (κ1) is 23.8. The van der Waals surface area contributed by atoms with Crippen molar-refractivity contribution in [1.82, 2.24) is 19.9 Å². The summed E-state index contributed by atoms with van der Waals surface area (Å²) in [7, 11) is 0. The molecule has 0 spiro atoms. The molecule has 9 heteroatoms. The molecule has 1 aliphatic rings. The lowest BCUT2D eigenvalue weighted by atomic mass is 9.89. The van der Waals surface area contributed by atoms with Crippen molar-refractivity contribution in [3.63, 3.8) is 0 Å². The van der Waals surface area contributed by atoms with Crippen LogP contribution in [0.4, 0.5) is 24.8 Å². The third-order valence-corrected chi connectivity index (χ3v) is 6.52. The molecule has 1 amide bonds. The van der Waals surface area contributed by atoms with Gasteiger partial charge in [0.2, 0.25) is 5.95 Å². The maximum Gasteiger partial charge on any atom is 0.416 e. The lowest BCUT2D eigenvalue weighted by Gasteiger charge is -2.21. The first-order valence-electron chi connectivity index (χ1n) is 12.1. The van der Waals surface area contributed by atoms with E-state index in [0.29, 0.717) is 46.6 Å². The number of halogens is 3. The van der Waals surface area contributed by atoms with Crippen LogP contribution in [0.3, 0.4) is 0 Å². The van der Waals surface area contributed by atoms with E-state index >= 15 is 0 Å². The lowest BCUT2D eigenvalue weighted by Crippen LogP contribution is -2.30. The Balaban J connectivity index is 1.30. The number of nitrogens with one attached hydrogen (secondary N) is 2. The van der Waals surface area contributed by atoms with E-state index in [4.69, 9.17) is 0 Å². The fourth-order valence-corrected chi connectivity index (χ4v) is 4.60. The van der Waals surface area contributed by atoms with Crippen molar-refractivity contribution >= 4 is 23.2 Å². The number of pyridine rings is 1. The Hall–Kier alpha value is -3.88. The van der Waals surface area contributed by atoms with E-state index in [1.54, 1.807) is 48.5 Å². The molecule has 4 aromatic rings. The fraction of sp³-hybridized carbons (Fsp3) is 0.296. The van der Waals surface area contributed by atoms with Crippen LogP contribution in [0.2, 0.25) is 0 Å². The smallest absolute Gasteiger partial charge is 0.352 e. The second-order valence-corrected chi connectivity index (χ2v) is 9.11. The summed E-state index contributed by atoms with van der Waals surface area (Å²) in [6.07, 6.45) is 1.67. The maximum absolute atomic E-state index is 13.2. The van der Waals surface area contributed by atoms with Crippen molar-refractivity contribution in [3.8, 4) is 11.3 Å². The zero-order chi connectivity index (χ0) is 25.1. The third kappa shape index (κ3) is 5.35. The Morgan fingerprint density at radius 3 is 2.47 bits per heavy atom. The van der Waals surface area contributed by atoms with Gasteiger partial charge in [-0.25, -0.2) is 4.52 Å². The van der Waals surface area contributed by atoms with Crippen LogP contribution in [0.15, 0.2) is 66.7 Å². The molecule has 0 atom stereocenters. The minimum Gasteiger partial charge on any atom is -0.352 e. The van der Waals surface area contributed by atoms with Crippen molar-refractivity contribution in [2.75, 3.05) is 11.9 Å². The van der Waals surface area contributed by atoms with Gasteiger partial charge in [-0.15, -0.1) is 5.10 Å². The molecule has 2 N–H and O–H groups in total. The Morgan fingerprint density at radius 1 is 0.972 bits per heavy atom. The van der Waals surface area contributed by atoms with Gasteiger partial charge in [0.25, 0.3) is 5.91 Å². The van der Waals surface area contributed by atoms with Crippen molar-refractivity contribution in [1.29, 1.82) is 0 Å². The minimum atomic E-state index is -4.43. The zero-order valence-electron chi connectivity index (χ0n) is 19.6. The number of carbonyl (C=O) groups is 1. The molecule has 0 unspecified atom stereocenters. The number of aromatic nitrogens is 3. The molecular formula is C27H26F3N5O. The van der Waals surface area contributed by atoms with Gasteiger partial charge in [-0.3, -0.25) is 4.79 Å². The number of carbonyl (C=O) groups excluding carboxylic acids is 1. The summed E-state index contributed by atoms with van der Waals surface area (Å²) in [6.45, 7) is 0.707. The molecule has 1 saturated carbocycles. The van der Waals surface area contributed by atoms with Crippen LogP contribution >= 0.6 is 0 Å². The summed E-state index contributed by atoms with van der Waals surface area (Å²) < 4.78 is 41.0. The normalized spacial score (nSPS) is 14.6. The molecule has 1 fully saturated rings. The van der Waals surface area contributed by atoms with E-state index in [-0.39, 0.29) is 5.91 Å². The number of fused-ring (bicyclic) bond motifs is 1. The Morgan fingerprint density at radius 2 is 1.72 bits per heavy atom. The quantitative estimate of drug-likeness (QED) is 0.323. The Bertz CT molecular complexity index is 1360. The SMILES string of the molecule is O=C(NCC1CCCCC1)c1ccc(Nc2nc3cccc(-c4cccc(C(F)(F)F)c4)n3n2)cc1. The van der Waals surface area contributed by atoms with Crippen LogP contribution < -0.4 is 10.6 Å². The van der Waals surface area contributed by atoms with Crippen LogP contribution in [0.5, 0.6) is 0 Å². The Kier molecular flexibility index (Phi) is 6.63. The molecule has 1 aliphatic carbocycles. The molecule has 0 radical (unpaired) electrons. The van der Waals surface area contributed by atoms with Crippen LogP contribution in [0, 0.1) is 5.92 Å². The van der Waals surface area contributed by atoms with Gasteiger partial charge in [0, 0.05) is 23.4 Å². The van der Waals surface area contributed by atoms with E-state index in [1.807, 2.05) is 0 Å². The lowest BCUT2D eigenvalue weighted by molar-refractivity contribution is -0.137. The third-order valence-electron chi connectivity index (χ3n) is 6.52. The van der Waals surface area contributed by atoms with Crippen LogP contribution in [-0.2, 0) is 6.18 Å². The molecule has 2 heterocycles. The number of nitrogens with zero attached hydrogens (tertiary/aromatic N) is 3. The second kappa shape index (κ2) is 10.0. The van der Waals surface area contributed by atoms with Crippen LogP contribution in [-0.4, -0.2) is 27.0 Å². The monoisotopic (exact) mass is 493 g/mol. The highest BCUT2D eigenvalue weighted by Crippen LogP contribution is 2.32. The van der Waals surface area contributed by atoms with Crippen molar-refractivity contribution in [2.45, 2.75) is 38.3 Å². The highest BCUT2D eigenvalue weighted by Gasteiger charge is 2.30. The van der Waals surface area contributed by atoms with Gasteiger partial charge in [-0.05, 0) is 67.3 Å². The van der Waals surface area contributed by atoms with Crippen molar-refractivity contribution < 1.29 is 18.0 Å². The first-order valence-corrected chi connectivity index (χ1v) is 12.1. The van der Waals surface area contributed by atoms with Gasteiger partial charge >= 0.3 is 6.18 Å². The van der Waals surface area contributed by atoms with Crippen LogP contribution in [0.25, 0.3) is 16.9 Å². The standard InChI is InChI=1S/C27H26F3N5O/c28-27(29,30)21-9-4-8-20(16-21)23-10-5-11-24-33-26(34-35(23)24)32-22-14-12-19(13-15-22)25(36)31-17-18-6-2-1-3-7-18/h4-5,8-16,18H,1-3,6-7,17H2,(H,31,36)(H,32,34). The predicted octanol–water partition coefficient (Wildman–Crippen LogP) is 6.47. The second-order valence-electron chi connectivity index (χ2n) is 9.11. The molecule has 2 aromatic heterocycles. The average molecular weight is 494 g/mol. The predicted molar refractivity (Wildman–Crippen MR) is 132 cm³/mol. The summed E-state index contributed by atoms with van der Waals surface area (Å²) >= 11 is 0. The molecule has 0 saturated heterocycles. The van der Waals surface area contributed by atoms with E-state index in [1.165, 1.54) is 42.7 Å². The highest BCUT2D eigenvalue weighted by molar-refractivity contribution is 5.94. The summed E-state index contributed by atoms with van der Waals surface area (Å²) in [6, 6.07) is 17.3. The van der Waals surface area contributed by atoms with E-state index in [0.717, 1.165) is 12.1 Å². The summed E-state index contributed by atoms with van der Waals surface area (Å²) in [4.78, 5) is 16.9. The van der Waals surface area contributed by atoms with E-state index in [2.05, 4.69) is 20.7 Å². The Labute approximate surface area is 206 Å². The van der Waals surface area contributed by atoms with Crippen LogP contribution in [0.1, 0.15) is 48.0 Å². The average Bonchev–Trinajstić information content (AvgIpc) is 3.30. The summed E-state index contributed by atoms with van der Waals surface area (Å²) in [5, 5.41) is 10.6. The number of anilines is 2. The van der Waals surface area contributed by atoms with Crippen molar-refractivity contribution in [2.24, 2.45) is 5.92 Å². The number of rotatable bonds is 6. The minimum absolute atomic E-state index is 0.0938. The van der Waals surface area contributed by atoms with E-state index in [9.17, 15) is 18.0 Å². The molecule has 186 valence electrons. The number of amides is 1. The maximum atomic E-state index is 13.2. The largest absolute Gasteiger partial charge is 0.416 e. The topological polar surface area (TPSA) is 71.3 Å².